The Morgan fingerprint density at radius 3 is 2.25 bits per heavy atom. The van der Waals surface area contributed by atoms with Gasteiger partial charge in [0.05, 0.1) is 5.69 Å². The highest BCUT2D eigenvalue weighted by Gasteiger charge is 2.35. The Morgan fingerprint density at radius 2 is 1.85 bits per heavy atom. The molecule has 0 bridgehead atoms. The lowest BCUT2D eigenvalue weighted by molar-refractivity contribution is 0.154. The maximum absolute atomic E-state index is 12.6. The van der Waals surface area contributed by atoms with E-state index in [4.69, 9.17) is 11.6 Å². The van der Waals surface area contributed by atoms with Crippen LogP contribution in [0.4, 0.5) is 0 Å². The average molecular weight is 337 g/mol. The molecule has 0 aromatic carbocycles. The minimum atomic E-state index is -3.44. The van der Waals surface area contributed by atoms with Crippen LogP contribution in [0.25, 0.3) is 0 Å². The number of hydrogen-bond acceptors (Lipinski definition) is 4. The van der Waals surface area contributed by atoms with Gasteiger partial charge in [-0.3, -0.25) is 0 Å². The minimum absolute atomic E-state index is 0.236. The molecule has 0 atom stereocenters. The summed E-state index contributed by atoms with van der Waals surface area (Å²) in [6.45, 7) is 9.51. The molecular weight excluding hydrogens is 316 g/mol. The van der Waals surface area contributed by atoms with Gasteiger partial charge in [-0.25, -0.2) is 13.4 Å². The molecular formula is C13H21ClN2O2S2. The lowest BCUT2D eigenvalue weighted by Gasteiger charge is -2.38. The highest BCUT2D eigenvalue weighted by atomic mass is 35.5. The van der Waals surface area contributed by atoms with Gasteiger partial charge in [0, 0.05) is 13.1 Å². The van der Waals surface area contributed by atoms with E-state index >= 15 is 0 Å². The van der Waals surface area contributed by atoms with Crippen molar-refractivity contribution in [2.45, 2.75) is 44.7 Å². The summed E-state index contributed by atoms with van der Waals surface area (Å²) < 4.78 is 27.4. The molecule has 0 N–H and O–H groups in total. The Balaban J connectivity index is 2.16. The van der Waals surface area contributed by atoms with Gasteiger partial charge in [-0.15, -0.1) is 0 Å². The lowest BCUT2D eigenvalue weighted by Crippen LogP contribution is -2.41. The number of hydrogen-bond donors (Lipinski definition) is 0. The molecule has 7 heteroatoms. The maximum atomic E-state index is 12.6. The topological polar surface area (TPSA) is 50.3 Å². The molecule has 0 radical (unpaired) electrons. The van der Waals surface area contributed by atoms with E-state index in [-0.39, 0.29) is 14.1 Å². The van der Waals surface area contributed by atoms with Gasteiger partial charge in [0.25, 0.3) is 10.0 Å². The van der Waals surface area contributed by atoms with Crippen molar-refractivity contribution in [3.63, 3.8) is 0 Å². The molecule has 0 aliphatic carbocycles. The molecule has 4 nitrogen and oxygen atoms in total. The van der Waals surface area contributed by atoms with Crippen molar-refractivity contribution in [3.8, 4) is 0 Å². The van der Waals surface area contributed by atoms with Crippen molar-refractivity contribution in [2.24, 2.45) is 11.3 Å². The standard InChI is InChI=1S/C13H21ClN2O2S2/c1-9-11(19-12(14)15-9)20(17,18)16-7-5-10(6-8-16)13(2,3)4/h10H,5-8H2,1-4H3. The van der Waals surface area contributed by atoms with Gasteiger partial charge >= 0.3 is 0 Å². The smallest absolute Gasteiger partial charge is 0.229 e. The Hall–Kier alpha value is -0.170. The first-order valence-corrected chi connectivity index (χ1v) is 9.39. The van der Waals surface area contributed by atoms with Gasteiger partial charge in [0.15, 0.2) is 8.68 Å². The Kier molecular flexibility index (Phi) is 4.50. The van der Waals surface area contributed by atoms with E-state index in [1.54, 1.807) is 11.2 Å². The van der Waals surface area contributed by atoms with Gasteiger partial charge in [-0.2, -0.15) is 4.31 Å². The summed E-state index contributed by atoms with van der Waals surface area (Å²) in [6.07, 6.45) is 1.82. The summed E-state index contributed by atoms with van der Waals surface area (Å²) in [4.78, 5) is 4.00. The van der Waals surface area contributed by atoms with Crippen LogP contribution in [0.5, 0.6) is 0 Å². The molecule has 1 saturated heterocycles. The SMILES string of the molecule is Cc1nc(Cl)sc1S(=O)(=O)N1CCC(C(C)(C)C)CC1. The van der Waals surface area contributed by atoms with Crippen molar-refractivity contribution in [2.75, 3.05) is 13.1 Å². The fourth-order valence-electron chi connectivity index (χ4n) is 2.67. The van der Waals surface area contributed by atoms with E-state index in [0.717, 1.165) is 24.2 Å². The van der Waals surface area contributed by atoms with Gasteiger partial charge in [-0.1, -0.05) is 43.7 Å². The van der Waals surface area contributed by atoms with Crippen LogP contribution in [-0.2, 0) is 10.0 Å². The fraction of sp³-hybridized carbons (Fsp3) is 0.769. The van der Waals surface area contributed by atoms with Crippen LogP contribution in [0.1, 0.15) is 39.3 Å². The first-order chi connectivity index (χ1) is 9.12. The van der Waals surface area contributed by atoms with Gasteiger partial charge in [0.2, 0.25) is 0 Å². The third-order valence-corrected chi connectivity index (χ3v) is 7.73. The summed E-state index contributed by atoms with van der Waals surface area (Å²) in [7, 11) is -3.44. The first-order valence-electron chi connectivity index (χ1n) is 6.75. The lowest BCUT2D eigenvalue weighted by atomic mass is 9.76. The zero-order valence-electron chi connectivity index (χ0n) is 12.3. The van der Waals surface area contributed by atoms with Crippen LogP contribution in [0.3, 0.4) is 0 Å². The number of halogens is 1. The number of thiazole rings is 1. The molecule has 0 amide bonds. The minimum Gasteiger partial charge on any atom is -0.229 e. The van der Waals surface area contributed by atoms with E-state index in [2.05, 4.69) is 25.8 Å². The number of rotatable bonds is 2. The third kappa shape index (κ3) is 3.18. The second kappa shape index (κ2) is 5.55. The third-order valence-electron chi connectivity index (χ3n) is 3.98. The molecule has 1 fully saturated rings. The highest BCUT2D eigenvalue weighted by Crippen LogP contribution is 2.37. The van der Waals surface area contributed by atoms with Crippen LogP contribution in [0.2, 0.25) is 4.47 Å². The Labute approximate surface area is 130 Å². The Bertz CT molecular complexity index is 582. The number of nitrogens with zero attached hydrogens (tertiary/aromatic N) is 2. The summed E-state index contributed by atoms with van der Waals surface area (Å²) in [5, 5.41) is 0. The largest absolute Gasteiger partial charge is 0.254 e. The van der Waals surface area contributed by atoms with Crippen LogP contribution in [0, 0.1) is 18.3 Å². The average Bonchev–Trinajstić information content (AvgIpc) is 2.68. The van der Waals surface area contributed by atoms with Gasteiger partial charge < -0.3 is 0 Å². The number of sulfonamides is 1. The molecule has 0 unspecified atom stereocenters. The van der Waals surface area contributed by atoms with E-state index in [0.29, 0.717) is 24.7 Å². The summed E-state index contributed by atoms with van der Waals surface area (Å²) in [5.74, 6) is 0.570. The van der Waals surface area contributed by atoms with E-state index in [1.807, 2.05) is 0 Å². The normalized spacial score (nSPS) is 19.4. The molecule has 0 saturated carbocycles. The molecule has 2 heterocycles. The molecule has 114 valence electrons. The van der Waals surface area contributed by atoms with Crippen LogP contribution in [-0.4, -0.2) is 30.8 Å². The van der Waals surface area contributed by atoms with Crippen molar-refractivity contribution in [1.29, 1.82) is 0 Å². The highest BCUT2D eigenvalue weighted by molar-refractivity contribution is 7.91. The predicted octanol–water partition coefficient (Wildman–Crippen LogP) is 3.55. The molecule has 20 heavy (non-hydrogen) atoms. The number of aryl methyl sites for hydroxylation is 1. The van der Waals surface area contributed by atoms with E-state index in [1.165, 1.54) is 0 Å². The molecule has 1 aromatic heterocycles. The number of aromatic nitrogens is 1. The molecule has 1 aliphatic rings. The zero-order chi connectivity index (χ0) is 15.1. The molecule has 2 rings (SSSR count). The Morgan fingerprint density at radius 1 is 1.30 bits per heavy atom. The number of piperidine rings is 1. The zero-order valence-corrected chi connectivity index (χ0v) is 14.7. The van der Waals surface area contributed by atoms with Crippen molar-refractivity contribution in [1.82, 2.24) is 9.29 Å². The van der Waals surface area contributed by atoms with Crippen molar-refractivity contribution in [3.05, 3.63) is 10.2 Å². The van der Waals surface area contributed by atoms with Crippen LogP contribution in [0.15, 0.2) is 4.21 Å². The maximum Gasteiger partial charge on any atom is 0.254 e. The molecule has 1 aromatic rings. The van der Waals surface area contributed by atoms with Gasteiger partial charge in [0.1, 0.15) is 0 Å². The monoisotopic (exact) mass is 336 g/mol. The van der Waals surface area contributed by atoms with Crippen molar-refractivity contribution < 1.29 is 8.42 Å². The first kappa shape index (κ1) is 16.2. The predicted molar refractivity (Wildman–Crippen MR) is 82.8 cm³/mol. The summed E-state index contributed by atoms with van der Waals surface area (Å²) in [5.41, 5.74) is 0.734. The second-order valence-electron chi connectivity index (χ2n) is 6.38. The molecule has 0 spiro atoms. The van der Waals surface area contributed by atoms with Crippen LogP contribution >= 0.6 is 22.9 Å². The quantitative estimate of drug-likeness (QED) is 0.829. The summed E-state index contributed by atoms with van der Waals surface area (Å²) in [6, 6.07) is 0. The second-order valence-corrected chi connectivity index (χ2v) is 10.1. The van der Waals surface area contributed by atoms with Gasteiger partial charge in [-0.05, 0) is 31.1 Å². The fourth-order valence-corrected chi connectivity index (χ4v) is 6.01. The van der Waals surface area contributed by atoms with E-state index < -0.39 is 10.0 Å². The van der Waals surface area contributed by atoms with Crippen LogP contribution < -0.4 is 0 Å². The van der Waals surface area contributed by atoms with Crippen molar-refractivity contribution >= 4 is 33.0 Å². The van der Waals surface area contributed by atoms with E-state index in [9.17, 15) is 8.42 Å². The molecule has 1 aliphatic heterocycles. The summed E-state index contributed by atoms with van der Waals surface area (Å²) >= 11 is 6.86.